The molecule has 1 aromatic carbocycles. The molecule has 2 aromatic heterocycles. The van der Waals surface area contributed by atoms with Crippen molar-refractivity contribution >= 4 is 28.4 Å². The second kappa shape index (κ2) is 6.20. The second-order valence-corrected chi connectivity index (χ2v) is 5.54. The first-order chi connectivity index (χ1) is 10.7. The highest BCUT2D eigenvalue weighted by Crippen LogP contribution is 2.23. The average molecular weight is 314 g/mol. The number of H-pyrrole nitrogens is 1. The largest absolute Gasteiger partial charge is 0.360 e. The number of carbonyl (C=O) groups is 1. The maximum absolute atomic E-state index is 12.2. The monoisotopic (exact) mass is 313 g/mol. The second-order valence-electron chi connectivity index (χ2n) is 5.13. The fourth-order valence-corrected chi connectivity index (χ4v) is 2.54. The Morgan fingerprint density at radius 1 is 1.27 bits per heavy atom. The summed E-state index contributed by atoms with van der Waals surface area (Å²) in [4.78, 5) is 19.4. The molecule has 0 atom stereocenters. The Kier molecular flexibility index (Phi) is 4.11. The Hall–Kier alpha value is -2.33. The van der Waals surface area contributed by atoms with Gasteiger partial charge in [-0.15, -0.1) is 0 Å². The maximum atomic E-state index is 12.2. The zero-order valence-electron chi connectivity index (χ0n) is 12.2. The molecule has 1 amide bonds. The quantitative estimate of drug-likeness (QED) is 0.771. The van der Waals surface area contributed by atoms with Crippen LogP contribution in [0.15, 0.2) is 42.9 Å². The number of hydrogen-bond acceptors (Lipinski definition) is 2. The van der Waals surface area contributed by atoms with Gasteiger partial charge in [0.25, 0.3) is 5.91 Å². The molecule has 3 rings (SSSR count). The number of aryl methyl sites for hydroxylation is 1. The van der Waals surface area contributed by atoms with E-state index in [0.717, 1.165) is 28.5 Å². The van der Waals surface area contributed by atoms with Gasteiger partial charge in [0.1, 0.15) is 0 Å². The van der Waals surface area contributed by atoms with Gasteiger partial charge in [-0.2, -0.15) is 0 Å². The van der Waals surface area contributed by atoms with Crippen LogP contribution in [-0.2, 0) is 13.0 Å². The Labute approximate surface area is 133 Å². The number of pyridine rings is 1. The highest BCUT2D eigenvalue weighted by molar-refractivity contribution is 6.35. The van der Waals surface area contributed by atoms with Crippen LogP contribution in [0.2, 0.25) is 5.02 Å². The Morgan fingerprint density at radius 2 is 2.14 bits per heavy atom. The summed E-state index contributed by atoms with van der Waals surface area (Å²) in [6.07, 6.45) is 5.98. The normalized spacial score (nSPS) is 10.8. The van der Waals surface area contributed by atoms with Gasteiger partial charge in [0, 0.05) is 36.0 Å². The van der Waals surface area contributed by atoms with E-state index in [1.165, 1.54) is 0 Å². The van der Waals surface area contributed by atoms with Crippen molar-refractivity contribution in [2.24, 2.45) is 0 Å². The van der Waals surface area contributed by atoms with Crippen LogP contribution in [0.4, 0.5) is 0 Å². The van der Waals surface area contributed by atoms with Gasteiger partial charge >= 0.3 is 0 Å². The predicted octanol–water partition coefficient (Wildman–Crippen LogP) is 3.71. The van der Waals surface area contributed by atoms with Gasteiger partial charge in [0.2, 0.25) is 0 Å². The van der Waals surface area contributed by atoms with Crippen LogP contribution in [-0.4, -0.2) is 15.9 Å². The zero-order valence-corrected chi connectivity index (χ0v) is 12.9. The summed E-state index contributed by atoms with van der Waals surface area (Å²) in [5.41, 5.74) is 3.62. The molecule has 2 heterocycles. The molecule has 22 heavy (non-hydrogen) atoms. The van der Waals surface area contributed by atoms with Gasteiger partial charge in [-0.05, 0) is 35.7 Å². The van der Waals surface area contributed by atoms with E-state index < -0.39 is 0 Å². The van der Waals surface area contributed by atoms with Crippen LogP contribution >= 0.6 is 11.6 Å². The van der Waals surface area contributed by atoms with Crippen LogP contribution < -0.4 is 5.32 Å². The molecule has 0 radical (unpaired) electrons. The highest BCUT2D eigenvalue weighted by atomic mass is 35.5. The first-order valence-corrected chi connectivity index (χ1v) is 7.53. The summed E-state index contributed by atoms with van der Waals surface area (Å²) in [5, 5.41) is 4.56. The van der Waals surface area contributed by atoms with Crippen LogP contribution in [0.5, 0.6) is 0 Å². The van der Waals surface area contributed by atoms with Crippen molar-refractivity contribution in [3.8, 4) is 0 Å². The van der Waals surface area contributed by atoms with Crippen LogP contribution in [0.3, 0.4) is 0 Å². The minimum Gasteiger partial charge on any atom is -0.360 e. The first-order valence-electron chi connectivity index (χ1n) is 7.15. The molecule has 0 saturated carbocycles. The number of hydrogen-bond donors (Lipinski definition) is 2. The van der Waals surface area contributed by atoms with Gasteiger partial charge < -0.3 is 10.3 Å². The van der Waals surface area contributed by atoms with E-state index in [1.807, 2.05) is 31.2 Å². The first kappa shape index (κ1) is 14.6. The van der Waals surface area contributed by atoms with E-state index >= 15 is 0 Å². The van der Waals surface area contributed by atoms with Gasteiger partial charge in [-0.25, -0.2) is 0 Å². The average Bonchev–Trinajstić information content (AvgIpc) is 2.93. The number of amides is 1. The molecular formula is C17H16ClN3O. The van der Waals surface area contributed by atoms with E-state index in [-0.39, 0.29) is 5.91 Å². The summed E-state index contributed by atoms with van der Waals surface area (Å²) in [6.45, 7) is 2.49. The minimum atomic E-state index is -0.122. The number of benzene rings is 1. The Bertz CT molecular complexity index is 826. The molecular weight excluding hydrogens is 298 g/mol. The van der Waals surface area contributed by atoms with Crippen molar-refractivity contribution in [1.29, 1.82) is 0 Å². The minimum absolute atomic E-state index is 0.122. The lowest BCUT2D eigenvalue weighted by atomic mass is 10.1. The molecule has 0 aliphatic rings. The predicted molar refractivity (Wildman–Crippen MR) is 88.1 cm³/mol. The van der Waals surface area contributed by atoms with Gasteiger partial charge in [-0.3, -0.25) is 9.78 Å². The van der Waals surface area contributed by atoms with E-state index in [4.69, 9.17) is 11.6 Å². The SMILES string of the molecule is CCc1cncc(C(=O)NCc2ccc3[nH]cc(Cl)c3c2)c1. The van der Waals surface area contributed by atoms with E-state index in [1.54, 1.807) is 18.6 Å². The molecule has 2 N–H and O–H groups in total. The number of fused-ring (bicyclic) bond motifs is 1. The summed E-state index contributed by atoms with van der Waals surface area (Å²) in [7, 11) is 0. The molecule has 0 saturated heterocycles. The number of rotatable bonds is 4. The smallest absolute Gasteiger partial charge is 0.253 e. The molecule has 0 unspecified atom stereocenters. The molecule has 5 heteroatoms. The van der Waals surface area contributed by atoms with Gasteiger partial charge in [0.05, 0.1) is 10.6 Å². The molecule has 4 nitrogen and oxygen atoms in total. The van der Waals surface area contributed by atoms with Crippen molar-refractivity contribution in [2.75, 3.05) is 0 Å². The Morgan fingerprint density at radius 3 is 2.95 bits per heavy atom. The fourth-order valence-electron chi connectivity index (χ4n) is 2.33. The molecule has 0 spiro atoms. The summed E-state index contributed by atoms with van der Waals surface area (Å²) in [6, 6.07) is 7.78. The molecule has 3 aromatic rings. The van der Waals surface area contributed by atoms with Crippen LogP contribution in [0, 0.1) is 0 Å². The molecule has 0 fully saturated rings. The third-order valence-electron chi connectivity index (χ3n) is 3.61. The lowest BCUT2D eigenvalue weighted by molar-refractivity contribution is 0.0950. The maximum Gasteiger partial charge on any atom is 0.253 e. The van der Waals surface area contributed by atoms with E-state index in [9.17, 15) is 4.79 Å². The van der Waals surface area contributed by atoms with Crippen molar-refractivity contribution in [2.45, 2.75) is 19.9 Å². The topological polar surface area (TPSA) is 57.8 Å². The van der Waals surface area contributed by atoms with Gasteiger partial charge in [-0.1, -0.05) is 24.6 Å². The summed E-state index contributed by atoms with van der Waals surface area (Å²) < 4.78 is 0. The number of halogens is 1. The van der Waals surface area contributed by atoms with Crippen LogP contribution in [0.1, 0.15) is 28.4 Å². The van der Waals surface area contributed by atoms with E-state index in [2.05, 4.69) is 15.3 Å². The fraction of sp³-hybridized carbons (Fsp3) is 0.176. The number of nitrogens with one attached hydrogen (secondary N) is 2. The molecule has 0 aliphatic carbocycles. The number of carbonyl (C=O) groups excluding carboxylic acids is 1. The zero-order chi connectivity index (χ0) is 15.5. The highest BCUT2D eigenvalue weighted by Gasteiger charge is 2.07. The number of aromatic amines is 1. The van der Waals surface area contributed by atoms with Crippen molar-refractivity contribution in [1.82, 2.24) is 15.3 Å². The van der Waals surface area contributed by atoms with E-state index in [0.29, 0.717) is 17.1 Å². The van der Waals surface area contributed by atoms with Crippen LogP contribution in [0.25, 0.3) is 10.9 Å². The van der Waals surface area contributed by atoms with Gasteiger partial charge in [0.15, 0.2) is 0 Å². The molecule has 112 valence electrons. The van der Waals surface area contributed by atoms with Crippen molar-refractivity contribution < 1.29 is 4.79 Å². The number of aromatic nitrogens is 2. The Balaban J connectivity index is 1.72. The summed E-state index contributed by atoms with van der Waals surface area (Å²) >= 11 is 6.11. The lowest BCUT2D eigenvalue weighted by Gasteiger charge is -2.06. The van der Waals surface area contributed by atoms with Crippen molar-refractivity contribution in [3.63, 3.8) is 0 Å². The third-order valence-corrected chi connectivity index (χ3v) is 3.93. The summed E-state index contributed by atoms with van der Waals surface area (Å²) in [5.74, 6) is -0.122. The standard InChI is InChI=1S/C17H16ClN3O/c1-2-11-5-13(9-19-7-11)17(22)21-8-12-3-4-16-14(6-12)15(18)10-20-16/h3-7,9-10,20H,2,8H2,1H3,(H,21,22). The number of nitrogens with zero attached hydrogens (tertiary/aromatic N) is 1. The van der Waals surface area contributed by atoms with Crippen molar-refractivity contribution in [3.05, 3.63) is 64.6 Å². The lowest BCUT2D eigenvalue weighted by Crippen LogP contribution is -2.23. The molecule has 0 bridgehead atoms. The third kappa shape index (κ3) is 2.97. The molecule has 0 aliphatic heterocycles.